The molecule has 0 spiro atoms. The van der Waals surface area contributed by atoms with E-state index in [1.165, 1.54) is 6.42 Å². The van der Waals surface area contributed by atoms with Crippen LogP contribution in [-0.2, 0) is 27.2 Å². The molecule has 0 unspecified atom stereocenters. The number of amides is 3. The van der Waals surface area contributed by atoms with Crippen LogP contribution in [0.4, 0.5) is 4.79 Å². The van der Waals surface area contributed by atoms with Crippen molar-refractivity contribution in [3.05, 3.63) is 72.1 Å². The van der Waals surface area contributed by atoms with Crippen LogP contribution in [0.2, 0.25) is 0 Å². The molecule has 10 heteroatoms. The van der Waals surface area contributed by atoms with Gasteiger partial charge >= 0.3 is 6.09 Å². The van der Waals surface area contributed by atoms with E-state index < -0.39 is 17.2 Å². The minimum Gasteiger partial charge on any atom is -0.444 e. The van der Waals surface area contributed by atoms with Gasteiger partial charge in [-0.2, -0.15) is 0 Å². The van der Waals surface area contributed by atoms with Crippen LogP contribution in [0.5, 0.6) is 0 Å². The highest BCUT2D eigenvalue weighted by Crippen LogP contribution is 2.28. The molecule has 10 nitrogen and oxygen atoms in total. The number of aromatic nitrogens is 2. The van der Waals surface area contributed by atoms with E-state index in [-0.39, 0.29) is 23.9 Å². The fraction of sp³-hybridized carbons (Fsp3) is 0.500. The zero-order chi connectivity index (χ0) is 33.7. The van der Waals surface area contributed by atoms with Gasteiger partial charge in [0.25, 0.3) is 0 Å². The number of rotatable bonds is 10. The average molecular weight is 655 g/mol. The molecule has 2 aromatic heterocycles. The largest absolute Gasteiger partial charge is 0.444 e. The topological polar surface area (TPSA) is 131 Å². The number of carbonyl (C=O) groups is 3. The Morgan fingerprint density at radius 1 is 0.896 bits per heavy atom. The van der Waals surface area contributed by atoms with Gasteiger partial charge < -0.3 is 30.2 Å². The molecule has 5 N–H and O–H groups in total. The van der Waals surface area contributed by atoms with Crippen molar-refractivity contribution in [1.29, 1.82) is 0 Å². The van der Waals surface area contributed by atoms with Gasteiger partial charge in [0.2, 0.25) is 11.8 Å². The van der Waals surface area contributed by atoms with Crippen molar-refractivity contribution in [1.82, 2.24) is 30.8 Å². The molecule has 48 heavy (non-hydrogen) atoms. The minimum atomic E-state index is -1.03. The van der Waals surface area contributed by atoms with Gasteiger partial charge in [-0.1, -0.05) is 55.7 Å². The summed E-state index contributed by atoms with van der Waals surface area (Å²) in [6.07, 6.45) is 10.7. The summed E-state index contributed by atoms with van der Waals surface area (Å²) in [6.45, 7) is 6.71. The molecule has 3 amide bonds. The third-order valence-electron chi connectivity index (χ3n) is 9.88. The number of ether oxygens (including phenoxy) is 1. The average Bonchev–Trinajstić information content (AvgIpc) is 3.68. The molecule has 2 aromatic carbocycles. The Kier molecular flexibility index (Phi) is 10.1. The lowest BCUT2D eigenvalue weighted by molar-refractivity contribution is -0.132. The monoisotopic (exact) mass is 654 g/mol. The highest BCUT2D eigenvalue weighted by atomic mass is 16.6. The molecule has 1 aliphatic carbocycles. The number of piperidine rings is 1. The molecule has 0 radical (unpaired) electrons. The summed E-state index contributed by atoms with van der Waals surface area (Å²) in [5, 5.41) is 12.4. The molecule has 1 atom stereocenters. The third-order valence-corrected chi connectivity index (χ3v) is 9.88. The van der Waals surface area contributed by atoms with Gasteiger partial charge in [0.05, 0.1) is 6.04 Å². The Morgan fingerprint density at radius 3 is 2.15 bits per heavy atom. The van der Waals surface area contributed by atoms with E-state index >= 15 is 0 Å². The van der Waals surface area contributed by atoms with Crippen LogP contribution in [0.25, 0.3) is 21.8 Å². The first kappa shape index (κ1) is 33.6. The Balaban J connectivity index is 1.24. The van der Waals surface area contributed by atoms with Crippen molar-refractivity contribution in [2.24, 2.45) is 0 Å². The van der Waals surface area contributed by atoms with Gasteiger partial charge in [-0.05, 0) is 82.6 Å². The first-order valence-electron chi connectivity index (χ1n) is 17.5. The maximum atomic E-state index is 14.3. The number of hydrogen-bond acceptors (Lipinski definition) is 5. The Bertz CT molecular complexity index is 1720. The summed E-state index contributed by atoms with van der Waals surface area (Å²) >= 11 is 0. The summed E-state index contributed by atoms with van der Waals surface area (Å²) in [6, 6.07) is 15.6. The van der Waals surface area contributed by atoms with Gasteiger partial charge in [0.1, 0.15) is 11.1 Å². The van der Waals surface area contributed by atoms with Crippen molar-refractivity contribution in [3.8, 4) is 0 Å². The third kappa shape index (κ3) is 7.86. The molecular formula is C38H50N6O4. The second-order valence-electron chi connectivity index (χ2n) is 14.5. The molecule has 1 saturated carbocycles. The van der Waals surface area contributed by atoms with Crippen molar-refractivity contribution in [2.75, 3.05) is 19.6 Å². The smallest absolute Gasteiger partial charge is 0.410 e. The summed E-state index contributed by atoms with van der Waals surface area (Å²) in [7, 11) is 0. The van der Waals surface area contributed by atoms with Crippen molar-refractivity contribution >= 4 is 39.7 Å². The van der Waals surface area contributed by atoms with E-state index in [1.54, 1.807) is 4.90 Å². The second kappa shape index (κ2) is 14.4. The number of carbonyl (C=O) groups excluding carboxylic acids is 3. The van der Waals surface area contributed by atoms with E-state index in [0.717, 1.165) is 58.6 Å². The number of para-hydroxylation sites is 2. The van der Waals surface area contributed by atoms with E-state index in [9.17, 15) is 14.4 Å². The first-order chi connectivity index (χ1) is 23.1. The van der Waals surface area contributed by atoms with Gasteiger partial charge in [-0.25, -0.2) is 4.79 Å². The molecule has 3 heterocycles. The molecule has 1 aliphatic heterocycles. The number of nitrogens with zero attached hydrogens (tertiary/aromatic N) is 1. The molecule has 2 aliphatic rings. The summed E-state index contributed by atoms with van der Waals surface area (Å²) in [5.74, 6) is -0.242. The molecule has 256 valence electrons. The number of hydrogen-bond donors (Lipinski definition) is 5. The van der Waals surface area contributed by atoms with Crippen LogP contribution >= 0.6 is 0 Å². The Hall–Kier alpha value is -4.31. The zero-order valence-corrected chi connectivity index (χ0v) is 28.5. The number of fused-ring (bicyclic) bond motifs is 2. The summed E-state index contributed by atoms with van der Waals surface area (Å²) in [4.78, 5) is 49.8. The van der Waals surface area contributed by atoms with E-state index in [4.69, 9.17) is 4.74 Å². The van der Waals surface area contributed by atoms with E-state index in [2.05, 4.69) is 38.1 Å². The molecule has 2 fully saturated rings. The maximum Gasteiger partial charge on any atom is 0.410 e. The highest BCUT2D eigenvalue weighted by Gasteiger charge is 2.46. The van der Waals surface area contributed by atoms with Crippen LogP contribution in [0.3, 0.4) is 0 Å². The molecule has 6 rings (SSSR count). The van der Waals surface area contributed by atoms with E-state index in [0.29, 0.717) is 45.3 Å². The lowest BCUT2D eigenvalue weighted by atomic mass is 9.84. The van der Waals surface area contributed by atoms with Gasteiger partial charge in [-0.15, -0.1) is 0 Å². The highest BCUT2D eigenvalue weighted by molar-refractivity contribution is 5.90. The van der Waals surface area contributed by atoms with Crippen molar-refractivity contribution in [3.63, 3.8) is 0 Å². The van der Waals surface area contributed by atoms with Crippen LogP contribution in [-0.4, -0.2) is 75.6 Å². The number of H-pyrrole nitrogens is 2. The predicted molar refractivity (Wildman–Crippen MR) is 189 cm³/mol. The second-order valence-corrected chi connectivity index (χ2v) is 14.5. The fourth-order valence-electron chi connectivity index (χ4n) is 7.25. The SMILES string of the molecule is CC(C)(C)OC(=O)N1CCC(N[C@@H](Cc2c[nH]c3ccccc23)C(=O)NCCc2c[nH]c3ccccc23)(C(=O)NC2CCCCC2)CC1. The Morgan fingerprint density at radius 2 is 1.50 bits per heavy atom. The number of aromatic amines is 2. The standard InChI is InChI=1S/C38H50N6O4/c1-37(2,3)48-36(47)44-21-18-38(19-22-44,35(46)42-28-11-5-4-6-12-28)43-33(23-27-25-41-32-16-10-8-14-30(27)32)34(45)39-20-17-26-24-40-31-15-9-7-13-29(26)31/h7-10,13-16,24-25,28,33,40-41,43H,4-6,11-12,17-23H2,1-3H3,(H,39,45)(H,42,46)/t33-/m0/s1. The molecular weight excluding hydrogens is 604 g/mol. The number of benzene rings is 2. The quantitative estimate of drug-likeness (QED) is 0.149. The lowest BCUT2D eigenvalue weighted by Gasteiger charge is -2.44. The number of nitrogens with one attached hydrogen (secondary N) is 5. The van der Waals surface area contributed by atoms with Gasteiger partial charge in [0, 0.05) is 59.9 Å². The van der Waals surface area contributed by atoms with Crippen LogP contribution in [0, 0.1) is 0 Å². The normalized spacial score (nSPS) is 17.7. The first-order valence-corrected chi connectivity index (χ1v) is 17.5. The minimum absolute atomic E-state index is 0.0891. The zero-order valence-electron chi connectivity index (χ0n) is 28.5. The molecule has 1 saturated heterocycles. The van der Waals surface area contributed by atoms with Crippen molar-refractivity contribution in [2.45, 2.75) is 102 Å². The summed E-state index contributed by atoms with van der Waals surface area (Å²) < 4.78 is 5.66. The summed E-state index contributed by atoms with van der Waals surface area (Å²) in [5.41, 5.74) is 2.58. The van der Waals surface area contributed by atoms with Crippen molar-refractivity contribution < 1.29 is 19.1 Å². The van der Waals surface area contributed by atoms with Crippen LogP contribution in [0.1, 0.15) is 76.8 Å². The molecule has 0 bridgehead atoms. The Labute approximate surface area is 282 Å². The fourth-order valence-corrected chi connectivity index (χ4v) is 7.25. The maximum absolute atomic E-state index is 14.3. The van der Waals surface area contributed by atoms with Gasteiger partial charge in [-0.3, -0.25) is 14.9 Å². The predicted octanol–water partition coefficient (Wildman–Crippen LogP) is 5.73. The molecule has 4 aromatic rings. The van der Waals surface area contributed by atoms with Crippen LogP contribution < -0.4 is 16.0 Å². The van der Waals surface area contributed by atoms with Gasteiger partial charge in [0.15, 0.2) is 0 Å². The number of likely N-dealkylation sites (tertiary alicyclic amines) is 1. The van der Waals surface area contributed by atoms with E-state index in [1.807, 2.05) is 69.6 Å². The van der Waals surface area contributed by atoms with Crippen LogP contribution in [0.15, 0.2) is 60.9 Å². The lowest BCUT2D eigenvalue weighted by Crippen LogP contribution is -2.67.